The van der Waals surface area contributed by atoms with Gasteiger partial charge >= 0.3 is 0 Å². The van der Waals surface area contributed by atoms with E-state index in [-0.39, 0.29) is 0 Å². The molecule has 0 aliphatic carbocycles. The Balaban J connectivity index is 2.38. The molecule has 0 saturated heterocycles. The predicted octanol–water partition coefficient (Wildman–Crippen LogP) is 5.49. The fourth-order valence-electron chi connectivity index (χ4n) is 2.03. The monoisotopic (exact) mass is 301 g/mol. The van der Waals surface area contributed by atoms with Crippen molar-refractivity contribution in [3.05, 3.63) is 65.7 Å². The Hall–Kier alpha value is -1.19. The molecular formula is C17H19NS2. The first-order valence-corrected chi connectivity index (χ1v) is 9.03. The molecule has 0 radical (unpaired) electrons. The molecule has 1 atom stereocenters. The summed E-state index contributed by atoms with van der Waals surface area (Å²) in [7, 11) is 0. The Bertz CT molecular complexity index is 579. The molecule has 0 fully saturated rings. The van der Waals surface area contributed by atoms with Crippen molar-refractivity contribution in [2.45, 2.75) is 12.2 Å². The zero-order chi connectivity index (χ0) is 14.4. The third-order valence-electron chi connectivity index (χ3n) is 3.12. The van der Waals surface area contributed by atoms with Gasteiger partial charge in [0.15, 0.2) is 0 Å². The van der Waals surface area contributed by atoms with Gasteiger partial charge in [0.1, 0.15) is 0 Å². The largest absolute Gasteiger partial charge is 0.245 e. The van der Waals surface area contributed by atoms with Gasteiger partial charge in [-0.15, -0.1) is 11.8 Å². The van der Waals surface area contributed by atoms with Crippen molar-refractivity contribution in [3.8, 4) is 0 Å². The lowest BCUT2D eigenvalue weighted by molar-refractivity contribution is 1.29. The summed E-state index contributed by atoms with van der Waals surface area (Å²) in [6.45, 7) is 2.10. The van der Waals surface area contributed by atoms with E-state index in [1.54, 1.807) is 11.8 Å². The molecule has 0 aromatic heterocycles. The first-order chi connectivity index (χ1) is 9.76. The zero-order valence-corrected chi connectivity index (χ0v) is 13.7. The fraction of sp³-hybridized carbons (Fsp3) is 0.235. The molecule has 0 N–H and O–H groups in total. The molecule has 2 aromatic carbocycles. The van der Waals surface area contributed by atoms with E-state index in [0.29, 0.717) is 5.25 Å². The number of rotatable bonds is 4. The Kier molecular flexibility index (Phi) is 5.74. The van der Waals surface area contributed by atoms with E-state index in [1.165, 1.54) is 11.1 Å². The highest BCUT2D eigenvalue weighted by molar-refractivity contribution is 8.15. The highest BCUT2D eigenvalue weighted by Gasteiger charge is 2.16. The molecule has 0 aliphatic heterocycles. The van der Waals surface area contributed by atoms with Gasteiger partial charge in [0.05, 0.1) is 16.0 Å². The van der Waals surface area contributed by atoms with Crippen LogP contribution >= 0.6 is 23.5 Å². The van der Waals surface area contributed by atoms with E-state index < -0.39 is 0 Å². The summed E-state index contributed by atoms with van der Waals surface area (Å²) in [5.74, 6) is 0. The highest BCUT2D eigenvalue weighted by atomic mass is 32.2. The summed E-state index contributed by atoms with van der Waals surface area (Å²) < 4.78 is 0. The Labute approximate surface area is 129 Å². The van der Waals surface area contributed by atoms with Crippen LogP contribution in [-0.4, -0.2) is 17.6 Å². The standard InChI is InChI=1S/C17H19NS2/c1-13-9-7-8-12-15(13)18-17(20-3)16(19-2)14-10-5-4-6-11-14/h4-12,16H,1-3H3. The van der Waals surface area contributed by atoms with Crippen LogP contribution in [0.4, 0.5) is 5.69 Å². The first-order valence-electron chi connectivity index (χ1n) is 6.52. The topological polar surface area (TPSA) is 12.4 Å². The zero-order valence-electron chi connectivity index (χ0n) is 12.0. The second-order valence-corrected chi connectivity index (χ2v) is 6.24. The van der Waals surface area contributed by atoms with Gasteiger partial charge in [-0.3, -0.25) is 0 Å². The lowest BCUT2D eigenvalue weighted by Crippen LogP contribution is -2.05. The molecule has 0 amide bonds. The van der Waals surface area contributed by atoms with Gasteiger partial charge in [0.25, 0.3) is 0 Å². The molecule has 3 heteroatoms. The van der Waals surface area contributed by atoms with Crippen LogP contribution in [0.1, 0.15) is 16.4 Å². The fourth-order valence-corrected chi connectivity index (χ4v) is 3.83. The number of hydrogen-bond donors (Lipinski definition) is 0. The van der Waals surface area contributed by atoms with Gasteiger partial charge in [-0.1, -0.05) is 48.5 Å². The first kappa shape index (κ1) is 15.2. The van der Waals surface area contributed by atoms with Crippen LogP contribution in [0.15, 0.2) is 59.6 Å². The molecule has 20 heavy (non-hydrogen) atoms. The molecule has 0 aliphatic rings. The van der Waals surface area contributed by atoms with E-state index in [9.17, 15) is 0 Å². The van der Waals surface area contributed by atoms with Crippen LogP contribution in [0.5, 0.6) is 0 Å². The van der Waals surface area contributed by atoms with Crippen molar-refractivity contribution in [1.29, 1.82) is 0 Å². The SMILES string of the molecule is CSC(=Nc1ccccc1C)C(SC)c1ccccc1. The summed E-state index contributed by atoms with van der Waals surface area (Å²) in [4.78, 5) is 4.88. The highest BCUT2D eigenvalue weighted by Crippen LogP contribution is 2.34. The van der Waals surface area contributed by atoms with Crippen molar-refractivity contribution in [2.24, 2.45) is 4.99 Å². The molecule has 0 bridgehead atoms. The Morgan fingerprint density at radius 1 is 0.950 bits per heavy atom. The van der Waals surface area contributed by atoms with E-state index in [4.69, 9.17) is 4.99 Å². The average Bonchev–Trinajstić information content (AvgIpc) is 2.50. The molecule has 1 nitrogen and oxygen atoms in total. The van der Waals surface area contributed by atoms with Crippen LogP contribution < -0.4 is 0 Å². The molecule has 104 valence electrons. The number of thioether (sulfide) groups is 2. The molecule has 0 heterocycles. The molecular weight excluding hydrogens is 282 g/mol. The minimum absolute atomic E-state index is 0.297. The lowest BCUT2D eigenvalue weighted by Gasteiger charge is -2.16. The van der Waals surface area contributed by atoms with Gasteiger partial charge in [-0.25, -0.2) is 4.99 Å². The smallest absolute Gasteiger partial charge is 0.0910 e. The summed E-state index contributed by atoms with van der Waals surface area (Å²) in [5, 5.41) is 1.45. The maximum Gasteiger partial charge on any atom is 0.0910 e. The number of nitrogens with zero attached hydrogens (tertiary/aromatic N) is 1. The molecule has 2 rings (SSSR count). The molecule has 2 aromatic rings. The minimum Gasteiger partial charge on any atom is -0.245 e. The number of aliphatic imine (C=N–C) groups is 1. The van der Waals surface area contributed by atoms with Crippen molar-refractivity contribution < 1.29 is 0 Å². The van der Waals surface area contributed by atoms with Gasteiger partial charge in [-0.2, -0.15) is 11.8 Å². The lowest BCUT2D eigenvalue weighted by atomic mass is 10.1. The third-order valence-corrected chi connectivity index (χ3v) is 4.98. The van der Waals surface area contributed by atoms with Gasteiger partial charge in [-0.05, 0) is 36.6 Å². The Morgan fingerprint density at radius 2 is 1.60 bits per heavy atom. The van der Waals surface area contributed by atoms with E-state index in [2.05, 4.69) is 68.0 Å². The number of aryl methyl sites for hydroxylation is 1. The van der Waals surface area contributed by atoms with Crippen LogP contribution in [-0.2, 0) is 0 Å². The van der Waals surface area contributed by atoms with Crippen molar-refractivity contribution >= 4 is 34.3 Å². The van der Waals surface area contributed by atoms with Crippen LogP contribution in [0.2, 0.25) is 0 Å². The summed E-state index contributed by atoms with van der Waals surface area (Å²) in [6.07, 6.45) is 4.24. The maximum atomic E-state index is 4.88. The minimum atomic E-state index is 0.297. The summed E-state index contributed by atoms with van der Waals surface area (Å²) >= 11 is 3.56. The average molecular weight is 301 g/mol. The van der Waals surface area contributed by atoms with Gasteiger partial charge in [0, 0.05) is 0 Å². The van der Waals surface area contributed by atoms with E-state index in [1.807, 2.05) is 17.8 Å². The van der Waals surface area contributed by atoms with Crippen LogP contribution in [0, 0.1) is 6.92 Å². The van der Waals surface area contributed by atoms with Crippen molar-refractivity contribution in [3.63, 3.8) is 0 Å². The molecule has 1 unspecified atom stereocenters. The second-order valence-electron chi connectivity index (χ2n) is 4.47. The van der Waals surface area contributed by atoms with Crippen LogP contribution in [0.25, 0.3) is 0 Å². The van der Waals surface area contributed by atoms with Crippen molar-refractivity contribution in [1.82, 2.24) is 0 Å². The number of para-hydroxylation sites is 1. The summed E-state index contributed by atoms with van der Waals surface area (Å²) in [5.41, 5.74) is 3.58. The van der Waals surface area contributed by atoms with E-state index in [0.717, 1.165) is 10.7 Å². The van der Waals surface area contributed by atoms with E-state index >= 15 is 0 Å². The summed E-state index contributed by atoms with van der Waals surface area (Å²) in [6, 6.07) is 18.8. The number of benzene rings is 2. The van der Waals surface area contributed by atoms with Gasteiger partial charge < -0.3 is 0 Å². The normalized spacial score (nSPS) is 13.2. The molecule has 0 spiro atoms. The third kappa shape index (κ3) is 3.68. The maximum absolute atomic E-state index is 4.88. The Morgan fingerprint density at radius 3 is 2.20 bits per heavy atom. The van der Waals surface area contributed by atoms with Crippen molar-refractivity contribution in [2.75, 3.05) is 12.5 Å². The second kappa shape index (κ2) is 7.55. The quantitative estimate of drug-likeness (QED) is 0.546. The number of hydrogen-bond acceptors (Lipinski definition) is 3. The molecule has 0 saturated carbocycles. The van der Waals surface area contributed by atoms with Crippen LogP contribution in [0.3, 0.4) is 0 Å². The van der Waals surface area contributed by atoms with Gasteiger partial charge in [0.2, 0.25) is 0 Å². The predicted molar refractivity (Wildman–Crippen MR) is 94.5 cm³/mol.